The standard InChI is InChI=1S/C23H27Cl3N2O2/c1-4-21(23(30)27-13-15(2)3)28(14-17-7-10-19(25)12-20(17)26)22(29)11-16-5-8-18(24)9-6-16/h5-10,12,15,21H,4,11,13-14H2,1-3H3,(H,27,30)/t21-/m1/s1. The number of nitrogens with zero attached hydrogens (tertiary/aromatic N) is 1. The minimum Gasteiger partial charge on any atom is -0.354 e. The molecule has 0 aromatic heterocycles. The largest absolute Gasteiger partial charge is 0.354 e. The first-order valence-electron chi connectivity index (χ1n) is 9.96. The Labute approximate surface area is 193 Å². The van der Waals surface area contributed by atoms with E-state index in [2.05, 4.69) is 5.32 Å². The van der Waals surface area contributed by atoms with E-state index >= 15 is 0 Å². The predicted octanol–water partition coefficient (Wildman–Crippen LogP) is 5.77. The summed E-state index contributed by atoms with van der Waals surface area (Å²) in [4.78, 5) is 27.7. The number of carbonyl (C=O) groups excluding carboxylic acids is 2. The number of halogens is 3. The van der Waals surface area contributed by atoms with Crippen LogP contribution in [0, 0.1) is 5.92 Å². The molecule has 1 N–H and O–H groups in total. The maximum atomic E-state index is 13.3. The van der Waals surface area contributed by atoms with Gasteiger partial charge < -0.3 is 10.2 Å². The van der Waals surface area contributed by atoms with Crippen molar-refractivity contribution in [3.05, 3.63) is 68.7 Å². The Bertz CT molecular complexity index is 869. The topological polar surface area (TPSA) is 49.4 Å². The van der Waals surface area contributed by atoms with Crippen molar-refractivity contribution in [2.24, 2.45) is 5.92 Å². The third kappa shape index (κ3) is 7.19. The molecule has 2 aromatic rings. The Kier molecular flexibility index (Phi) is 9.47. The van der Waals surface area contributed by atoms with Gasteiger partial charge in [0.05, 0.1) is 6.42 Å². The number of hydrogen-bond donors (Lipinski definition) is 1. The molecule has 0 aliphatic rings. The third-order valence-corrected chi connectivity index (χ3v) is 5.53. The van der Waals surface area contributed by atoms with Crippen LogP contribution in [0.5, 0.6) is 0 Å². The van der Waals surface area contributed by atoms with Crippen LogP contribution in [0.4, 0.5) is 0 Å². The number of carbonyl (C=O) groups is 2. The van der Waals surface area contributed by atoms with Gasteiger partial charge in [0.1, 0.15) is 6.04 Å². The molecule has 0 fully saturated rings. The molecule has 0 aliphatic carbocycles. The van der Waals surface area contributed by atoms with E-state index in [1.165, 1.54) is 0 Å². The lowest BCUT2D eigenvalue weighted by atomic mass is 10.1. The normalized spacial score (nSPS) is 12.0. The Balaban J connectivity index is 2.30. The molecule has 0 radical (unpaired) electrons. The average Bonchev–Trinajstić information content (AvgIpc) is 2.69. The molecule has 162 valence electrons. The van der Waals surface area contributed by atoms with Crippen LogP contribution < -0.4 is 5.32 Å². The number of benzene rings is 2. The molecular weight excluding hydrogens is 443 g/mol. The summed E-state index contributed by atoms with van der Waals surface area (Å²) in [5, 5.41) is 4.53. The summed E-state index contributed by atoms with van der Waals surface area (Å²) >= 11 is 18.3. The van der Waals surface area contributed by atoms with E-state index in [1.54, 1.807) is 35.2 Å². The fraction of sp³-hybridized carbons (Fsp3) is 0.391. The van der Waals surface area contributed by atoms with Crippen molar-refractivity contribution in [3.63, 3.8) is 0 Å². The van der Waals surface area contributed by atoms with Crippen molar-refractivity contribution in [3.8, 4) is 0 Å². The molecule has 1 atom stereocenters. The van der Waals surface area contributed by atoms with Crippen molar-refractivity contribution < 1.29 is 9.59 Å². The highest BCUT2D eigenvalue weighted by Crippen LogP contribution is 2.24. The van der Waals surface area contributed by atoms with E-state index in [0.29, 0.717) is 34.0 Å². The Morgan fingerprint density at radius 1 is 1.00 bits per heavy atom. The Morgan fingerprint density at radius 2 is 1.63 bits per heavy atom. The summed E-state index contributed by atoms with van der Waals surface area (Å²) in [6.07, 6.45) is 0.651. The SMILES string of the molecule is CC[C@H](C(=O)NCC(C)C)N(Cc1ccc(Cl)cc1Cl)C(=O)Cc1ccc(Cl)cc1. The molecule has 4 nitrogen and oxygen atoms in total. The molecule has 0 heterocycles. The van der Waals surface area contributed by atoms with Crippen LogP contribution in [0.3, 0.4) is 0 Å². The third-order valence-electron chi connectivity index (χ3n) is 4.69. The number of hydrogen-bond acceptors (Lipinski definition) is 2. The summed E-state index contributed by atoms with van der Waals surface area (Å²) in [6, 6.07) is 11.7. The molecule has 2 aromatic carbocycles. The maximum Gasteiger partial charge on any atom is 0.242 e. The second-order valence-electron chi connectivity index (χ2n) is 7.62. The Hall–Kier alpha value is -1.75. The van der Waals surface area contributed by atoms with Gasteiger partial charge in [0.15, 0.2) is 0 Å². The molecular formula is C23H27Cl3N2O2. The van der Waals surface area contributed by atoms with Gasteiger partial charge in [0.2, 0.25) is 11.8 Å². The van der Waals surface area contributed by atoms with E-state index in [4.69, 9.17) is 34.8 Å². The summed E-state index contributed by atoms with van der Waals surface area (Å²) in [5.41, 5.74) is 1.56. The molecule has 0 saturated heterocycles. The predicted molar refractivity (Wildman–Crippen MR) is 124 cm³/mol. The molecule has 30 heavy (non-hydrogen) atoms. The van der Waals surface area contributed by atoms with Gasteiger partial charge in [-0.1, -0.05) is 73.8 Å². The fourth-order valence-corrected chi connectivity index (χ4v) is 3.65. The zero-order valence-corrected chi connectivity index (χ0v) is 19.7. The van der Waals surface area contributed by atoms with Gasteiger partial charge in [-0.05, 0) is 47.7 Å². The minimum absolute atomic E-state index is 0.158. The molecule has 2 rings (SSSR count). The minimum atomic E-state index is -0.602. The summed E-state index contributed by atoms with van der Waals surface area (Å²) < 4.78 is 0. The average molecular weight is 470 g/mol. The molecule has 0 bridgehead atoms. The second kappa shape index (κ2) is 11.6. The van der Waals surface area contributed by atoms with Crippen molar-refractivity contribution in [1.29, 1.82) is 0 Å². The number of rotatable bonds is 9. The van der Waals surface area contributed by atoms with Crippen LogP contribution in [0.15, 0.2) is 42.5 Å². The van der Waals surface area contributed by atoms with Gasteiger partial charge in [-0.3, -0.25) is 9.59 Å². The fourth-order valence-electron chi connectivity index (χ4n) is 3.05. The highest BCUT2D eigenvalue weighted by molar-refractivity contribution is 6.35. The first kappa shape index (κ1) is 24.5. The highest BCUT2D eigenvalue weighted by atomic mass is 35.5. The zero-order valence-electron chi connectivity index (χ0n) is 17.4. The lowest BCUT2D eigenvalue weighted by Crippen LogP contribution is -2.50. The van der Waals surface area contributed by atoms with Gasteiger partial charge >= 0.3 is 0 Å². The van der Waals surface area contributed by atoms with E-state index in [-0.39, 0.29) is 24.8 Å². The first-order valence-corrected chi connectivity index (χ1v) is 11.1. The van der Waals surface area contributed by atoms with Gasteiger partial charge in [0, 0.05) is 28.2 Å². The van der Waals surface area contributed by atoms with Crippen molar-refractivity contribution in [2.45, 2.75) is 46.2 Å². The molecule has 2 amide bonds. The van der Waals surface area contributed by atoms with Crippen LogP contribution in [-0.2, 0) is 22.6 Å². The zero-order chi connectivity index (χ0) is 22.3. The van der Waals surface area contributed by atoms with Crippen LogP contribution in [0.2, 0.25) is 15.1 Å². The lowest BCUT2D eigenvalue weighted by molar-refractivity contribution is -0.141. The van der Waals surface area contributed by atoms with Crippen LogP contribution in [-0.4, -0.2) is 29.3 Å². The highest BCUT2D eigenvalue weighted by Gasteiger charge is 2.29. The van der Waals surface area contributed by atoms with E-state index in [1.807, 2.05) is 32.9 Å². The van der Waals surface area contributed by atoms with E-state index in [9.17, 15) is 9.59 Å². The molecule has 0 aliphatic heterocycles. The van der Waals surface area contributed by atoms with Crippen LogP contribution in [0.1, 0.15) is 38.3 Å². The first-order chi connectivity index (χ1) is 14.2. The van der Waals surface area contributed by atoms with E-state index in [0.717, 1.165) is 11.1 Å². The van der Waals surface area contributed by atoms with Gasteiger partial charge in [-0.15, -0.1) is 0 Å². The van der Waals surface area contributed by atoms with E-state index < -0.39 is 6.04 Å². The second-order valence-corrected chi connectivity index (χ2v) is 8.90. The maximum absolute atomic E-state index is 13.3. The van der Waals surface area contributed by atoms with Crippen LogP contribution in [0.25, 0.3) is 0 Å². The van der Waals surface area contributed by atoms with Crippen molar-refractivity contribution >= 4 is 46.6 Å². The molecule has 0 unspecified atom stereocenters. The van der Waals surface area contributed by atoms with Gasteiger partial charge in [0.25, 0.3) is 0 Å². The van der Waals surface area contributed by atoms with Gasteiger partial charge in [-0.2, -0.15) is 0 Å². The van der Waals surface area contributed by atoms with Crippen molar-refractivity contribution in [1.82, 2.24) is 10.2 Å². The summed E-state index contributed by atoms with van der Waals surface area (Å²) in [6.45, 7) is 6.72. The Morgan fingerprint density at radius 3 is 2.20 bits per heavy atom. The van der Waals surface area contributed by atoms with Crippen molar-refractivity contribution in [2.75, 3.05) is 6.54 Å². The quantitative estimate of drug-likeness (QED) is 0.507. The molecule has 0 saturated carbocycles. The molecule has 0 spiro atoms. The number of amides is 2. The van der Waals surface area contributed by atoms with Crippen LogP contribution >= 0.6 is 34.8 Å². The monoisotopic (exact) mass is 468 g/mol. The smallest absolute Gasteiger partial charge is 0.242 e. The molecule has 7 heteroatoms. The number of nitrogens with one attached hydrogen (secondary N) is 1. The summed E-state index contributed by atoms with van der Waals surface area (Å²) in [5.74, 6) is -0.00832. The van der Waals surface area contributed by atoms with Gasteiger partial charge in [-0.25, -0.2) is 0 Å². The summed E-state index contributed by atoms with van der Waals surface area (Å²) in [7, 11) is 0. The lowest BCUT2D eigenvalue weighted by Gasteiger charge is -2.31.